The summed E-state index contributed by atoms with van der Waals surface area (Å²) in [5.41, 5.74) is 0. The molecule has 0 heterocycles. The van der Waals surface area contributed by atoms with Gasteiger partial charge >= 0.3 is 0 Å². The summed E-state index contributed by atoms with van der Waals surface area (Å²) < 4.78 is 56.1. The van der Waals surface area contributed by atoms with Crippen molar-refractivity contribution >= 4 is 20.2 Å². The Labute approximate surface area is 134 Å². The molecule has 6 nitrogen and oxygen atoms in total. The number of hydrogen-bond acceptors (Lipinski definition) is 6. The van der Waals surface area contributed by atoms with Crippen molar-refractivity contribution in [2.24, 2.45) is 0 Å². The smallest absolute Gasteiger partial charge is 0.264 e. The second kappa shape index (κ2) is 9.20. The Morgan fingerprint density at radius 3 is 1.14 bits per heavy atom. The van der Waals surface area contributed by atoms with Crippen molar-refractivity contribution in [1.82, 2.24) is 0 Å². The van der Waals surface area contributed by atoms with Gasteiger partial charge in [0.05, 0.1) is 12.5 Å². The van der Waals surface area contributed by atoms with E-state index in [0.717, 1.165) is 51.0 Å². The van der Waals surface area contributed by atoms with E-state index in [9.17, 15) is 16.8 Å². The van der Waals surface area contributed by atoms with Gasteiger partial charge in [0.15, 0.2) is 0 Å². The van der Waals surface area contributed by atoms with Crippen LogP contribution in [0.4, 0.5) is 0 Å². The van der Waals surface area contributed by atoms with Crippen LogP contribution in [0.5, 0.6) is 0 Å². The summed E-state index contributed by atoms with van der Waals surface area (Å²) in [6.07, 6.45) is 9.72. The standard InChI is InChI=1S/C14H28O6S2/c1-21(15,16)19-13-11-9-7-5-3-4-6-8-10-12-14(13)20-22(2,17)18/h13-14H,3-12H2,1-2H3. The van der Waals surface area contributed by atoms with Crippen LogP contribution in [0, 0.1) is 0 Å². The van der Waals surface area contributed by atoms with Crippen LogP contribution in [0.3, 0.4) is 0 Å². The van der Waals surface area contributed by atoms with Gasteiger partial charge in [-0.3, -0.25) is 8.37 Å². The minimum atomic E-state index is -3.65. The topological polar surface area (TPSA) is 86.7 Å². The number of rotatable bonds is 4. The molecule has 0 aromatic heterocycles. The fourth-order valence-corrected chi connectivity index (χ4v) is 4.13. The fourth-order valence-electron chi connectivity index (χ4n) is 2.79. The van der Waals surface area contributed by atoms with Crippen LogP contribution in [0.25, 0.3) is 0 Å². The first kappa shape index (κ1) is 19.9. The Morgan fingerprint density at radius 2 is 0.864 bits per heavy atom. The van der Waals surface area contributed by atoms with Gasteiger partial charge in [0.2, 0.25) is 0 Å². The largest absolute Gasteiger partial charge is 0.264 e. The normalized spacial score (nSPS) is 26.8. The third-order valence-corrected chi connectivity index (χ3v) is 4.93. The molecule has 0 N–H and O–H groups in total. The molecule has 0 aromatic rings. The lowest BCUT2D eigenvalue weighted by Crippen LogP contribution is -2.35. The van der Waals surface area contributed by atoms with Crippen molar-refractivity contribution in [1.29, 1.82) is 0 Å². The first-order chi connectivity index (χ1) is 10.2. The molecule has 1 aliphatic rings. The van der Waals surface area contributed by atoms with E-state index in [1.54, 1.807) is 0 Å². The fraction of sp³-hybridized carbons (Fsp3) is 1.00. The molecule has 0 saturated heterocycles. The zero-order valence-electron chi connectivity index (χ0n) is 13.5. The van der Waals surface area contributed by atoms with Gasteiger partial charge in [0.1, 0.15) is 12.2 Å². The van der Waals surface area contributed by atoms with Gasteiger partial charge in [-0.1, -0.05) is 51.4 Å². The molecular formula is C14H28O6S2. The highest BCUT2D eigenvalue weighted by Crippen LogP contribution is 2.23. The third kappa shape index (κ3) is 9.76. The summed E-state index contributed by atoms with van der Waals surface area (Å²) in [5, 5.41) is 0. The average molecular weight is 357 g/mol. The van der Waals surface area contributed by atoms with Gasteiger partial charge in [0.25, 0.3) is 20.2 Å². The summed E-state index contributed by atoms with van der Waals surface area (Å²) in [7, 11) is -7.31. The Morgan fingerprint density at radius 1 is 0.591 bits per heavy atom. The summed E-state index contributed by atoms with van der Waals surface area (Å²) in [5.74, 6) is 0. The predicted molar refractivity (Wildman–Crippen MR) is 85.6 cm³/mol. The zero-order chi connectivity index (χ0) is 16.6. The van der Waals surface area contributed by atoms with Crippen molar-refractivity contribution in [2.45, 2.75) is 76.4 Å². The Kier molecular flexibility index (Phi) is 8.31. The van der Waals surface area contributed by atoms with Gasteiger partial charge < -0.3 is 0 Å². The molecule has 0 aliphatic heterocycles. The molecule has 22 heavy (non-hydrogen) atoms. The summed E-state index contributed by atoms with van der Waals surface area (Å²) in [6.45, 7) is 0. The molecule has 2 atom stereocenters. The summed E-state index contributed by atoms with van der Waals surface area (Å²) in [4.78, 5) is 0. The number of hydrogen-bond donors (Lipinski definition) is 0. The molecule has 0 amide bonds. The maximum Gasteiger partial charge on any atom is 0.264 e. The van der Waals surface area contributed by atoms with Crippen molar-refractivity contribution in [3.63, 3.8) is 0 Å². The summed E-state index contributed by atoms with van der Waals surface area (Å²) >= 11 is 0. The van der Waals surface area contributed by atoms with Gasteiger partial charge in [0, 0.05) is 0 Å². The van der Waals surface area contributed by atoms with Crippen LogP contribution in [0.2, 0.25) is 0 Å². The van der Waals surface area contributed by atoms with Gasteiger partial charge in [-0.05, 0) is 12.8 Å². The van der Waals surface area contributed by atoms with E-state index in [2.05, 4.69) is 0 Å². The molecule has 0 aromatic carbocycles. The van der Waals surface area contributed by atoms with Gasteiger partial charge in [-0.25, -0.2) is 0 Å². The Balaban J connectivity index is 2.84. The van der Waals surface area contributed by atoms with Crippen molar-refractivity contribution in [3.8, 4) is 0 Å². The second-order valence-electron chi connectivity index (χ2n) is 6.08. The average Bonchev–Trinajstić information content (AvgIpc) is 2.33. The van der Waals surface area contributed by atoms with Crippen molar-refractivity contribution < 1.29 is 25.2 Å². The Bertz CT molecular complexity index is 463. The van der Waals surface area contributed by atoms with Gasteiger partial charge in [-0.15, -0.1) is 0 Å². The van der Waals surface area contributed by atoms with Crippen molar-refractivity contribution in [3.05, 3.63) is 0 Å². The molecule has 8 heteroatoms. The second-order valence-corrected chi connectivity index (χ2v) is 9.28. The van der Waals surface area contributed by atoms with E-state index in [1.807, 2.05) is 0 Å². The quantitative estimate of drug-likeness (QED) is 0.720. The minimum Gasteiger partial charge on any atom is -0.264 e. The molecule has 1 fully saturated rings. The highest BCUT2D eigenvalue weighted by Gasteiger charge is 2.29. The lowest BCUT2D eigenvalue weighted by atomic mass is 9.98. The monoisotopic (exact) mass is 356 g/mol. The summed E-state index contributed by atoms with van der Waals surface area (Å²) in [6, 6.07) is 0. The van der Waals surface area contributed by atoms with E-state index in [0.29, 0.717) is 12.8 Å². The molecule has 2 unspecified atom stereocenters. The molecular weight excluding hydrogens is 328 g/mol. The molecule has 0 radical (unpaired) electrons. The van der Waals surface area contributed by atoms with Crippen LogP contribution in [0.15, 0.2) is 0 Å². The van der Waals surface area contributed by atoms with Gasteiger partial charge in [-0.2, -0.15) is 16.8 Å². The maximum atomic E-state index is 11.5. The first-order valence-corrected chi connectivity index (χ1v) is 11.6. The molecule has 0 bridgehead atoms. The zero-order valence-corrected chi connectivity index (χ0v) is 15.1. The van der Waals surface area contributed by atoms with E-state index in [-0.39, 0.29) is 0 Å². The molecule has 0 spiro atoms. The Hall–Kier alpha value is -0.180. The van der Waals surface area contributed by atoms with E-state index in [1.165, 1.54) is 12.8 Å². The van der Waals surface area contributed by atoms with E-state index < -0.39 is 32.4 Å². The first-order valence-electron chi connectivity index (χ1n) is 7.94. The predicted octanol–water partition coefficient (Wildman–Crippen LogP) is 2.59. The SMILES string of the molecule is CS(=O)(=O)OC1CCCCCCCCCCC1OS(C)(=O)=O. The molecule has 1 aliphatic carbocycles. The maximum absolute atomic E-state index is 11.5. The van der Waals surface area contributed by atoms with Crippen LogP contribution in [-0.2, 0) is 28.6 Å². The molecule has 1 saturated carbocycles. The van der Waals surface area contributed by atoms with Crippen LogP contribution in [-0.4, -0.2) is 41.6 Å². The van der Waals surface area contributed by atoms with Crippen LogP contribution in [0.1, 0.15) is 64.2 Å². The van der Waals surface area contributed by atoms with Crippen LogP contribution < -0.4 is 0 Å². The lowest BCUT2D eigenvalue weighted by molar-refractivity contribution is 0.0491. The minimum absolute atomic E-state index is 0.493. The lowest BCUT2D eigenvalue weighted by Gasteiger charge is -2.26. The van der Waals surface area contributed by atoms with Crippen LogP contribution >= 0.6 is 0 Å². The molecule has 132 valence electrons. The van der Waals surface area contributed by atoms with E-state index in [4.69, 9.17) is 8.37 Å². The van der Waals surface area contributed by atoms with E-state index >= 15 is 0 Å². The highest BCUT2D eigenvalue weighted by molar-refractivity contribution is 7.86. The molecule has 1 rings (SSSR count). The van der Waals surface area contributed by atoms with Crippen molar-refractivity contribution in [2.75, 3.05) is 12.5 Å². The highest BCUT2D eigenvalue weighted by atomic mass is 32.2. The third-order valence-electron chi connectivity index (χ3n) is 3.74.